The molecule has 2 aromatic rings. The molecule has 1 N–H and O–H groups in total. The number of sulfonamides is 1. The third-order valence-corrected chi connectivity index (χ3v) is 7.83. The van der Waals surface area contributed by atoms with Gasteiger partial charge in [0.2, 0.25) is 5.91 Å². The molecule has 0 bridgehead atoms. The highest BCUT2D eigenvalue weighted by molar-refractivity contribution is 7.90. The number of nitrogens with one attached hydrogen (secondary N) is 1. The predicted octanol–water partition coefficient (Wildman–Crippen LogP) is 2.74. The Labute approximate surface area is 185 Å². The number of hydrogen-bond donors (Lipinski definition) is 1. The van der Waals surface area contributed by atoms with E-state index in [0.29, 0.717) is 36.4 Å². The molecule has 2 aromatic carbocycles. The number of nitrogens with zero attached hydrogens (tertiary/aromatic N) is 2. The van der Waals surface area contributed by atoms with Crippen molar-refractivity contribution in [3.8, 4) is 6.07 Å². The zero-order valence-electron chi connectivity index (χ0n) is 16.8. The zero-order chi connectivity index (χ0) is 22.4. The van der Waals surface area contributed by atoms with E-state index in [2.05, 4.69) is 4.72 Å². The molecule has 4 rings (SSSR count). The van der Waals surface area contributed by atoms with Crippen LogP contribution < -0.4 is 4.72 Å². The summed E-state index contributed by atoms with van der Waals surface area (Å²) in [7, 11) is -4.13. The lowest BCUT2D eigenvalue weighted by molar-refractivity contribution is -0.158. The molecule has 2 fully saturated rings. The summed E-state index contributed by atoms with van der Waals surface area (Å²) in [4.78, 5) is 27.6. The highest BCUT2D eigenvalue weighted by Crippen LogP contribution is 2.52. The van der Waals surface area contributed by atoms with Crippen molar-refractivity contribution in [2.45, 2.75) is 42.0 Å². The van der Waals surface area contributed by atoms with Crippen LogP contribution in [0.5, 0.6) is 0 Å². The van der Waals surface area contributed by atoms with Gasteiger partial charge in [-0.05, 0) is 68.1 Å². The maximum absolute atomic E-state index is 13.4. The monoisotopic (exact) mass is 457 g/mol. The van der Waals surface area contributed by atoms with Crippen LogP contribution in [-0.4, -0.2) is 37.2 Å². The van der Waals surface area contributed by atoms with Crippen molar-refractivity contribution in [1.29, 1.82) is 5.26 Å². The van der Waals surface area contributed by atoms with E-state index in [0.717, 1.165) is 5.56 Å². The van der Waals surface area contributed by atoms with Gasteiger partial charge in [0.15, 0.2) is 0 Å². The summed E-state index contributed by atoms with van der Waals surface area (Å²) in [6.45, 7) is 1.96. The Kier molecular flexibility index (Phi) is 5.07. The molecule has 0 radical (unpaired) electrons. The third kappa shape index (κ3) is 3.58. The maximum Gasteiger partial charge on any atom is 0.264 e. The molecule has 2 amide bonds. The summed E-state index contributed by atoms with van der Waals surface area (Å²) in [5.74, 6) is -0.919. The van der Waals surface area contributed by atoms with Crippen LogP contribution in [0.1, 0.15) is 37.3 Å². The number of nitriles is 1. The first-order valence-electron chi connectivity index (χ1n) is 9.78. The van der Waals surface area contributed by atoms with Crippen LogP contribution in [0.15, 0.2) is 53.4 Å². The number of carbonyl (C=O) groups excluding carboxylic acids is 2. The molecule has 0 spiro atoms. The zero-order valence-corrected chi connectivity index (χ0v) is 18.3. The summed E-state index contributed by atoms with van der Waals surface area (Å²) >= 11 is 5.96. The van der Waals surface area contributed by atoms with E-state index in [-0.39, 0.29) is 10.8 Å². The van der Waals surface area contributed by atoms with Crippen molar-refractivity contribution in [2.24, 2.45) is 0 Å². The largest absolute Gasteiger partial charge is 0.327 e. The summed E-state index contributed by atoms with van der Waals surface area (Å²) in [6, 6.07) is 14.3. The molecule has 160 valence electrons. The number of likely N-dealkylation sites (tertiary alicyclic amines) is 1. The average Bonchev–Trinajstić information content (AvgIpc) is 3.54. The van der Waals surface area contributed by atoms with Crippen molar-refractivity contribution in [3.05, 3.63) is 64.7 Å². The quantitative estimate of drug-likeness (QED) is 0.742. The van der Waals surface area contributed by atoms with E-state index in [1.807, 2.05) is 18.2 Å². The van der Waals surface area contributed by atoms with Gasteiger partial charge in [0.1, 0.15) is 5.54 Å². The Hall–Kier alpha value is -2.89. The number of hydrogen-bond acceptors (Lipinski definition) is 5. The minimum atomic E-state index is -4.13. The van der Waals surface area contributed by atoms with Crippen molar-refractivity contribution < 1.29 is 18.0 Å². The standard InChI is InChI=1S/C22H20ClN3O4S/c1-21(19(27)25-31(29,30)18-8-2-15(14-24)3-9-18)12-13-26(21)20(28)22(10-11-22)16-4-6-17(23)7-5-16/h2-9H,10-13H2,1H3,(H,25,27). The molecule has 9 heteroatoms. The number of rotatable bonds is 5. The fourth-order valence-electron chi connectivity index (χ4n) is 3.90. The molecular weight excluding hydrogens is 438 g/mol. The van der Waals surface area contributed by atoms with E-state index in [4.69, 9.17) is 16.9 Å². The van der Waals surface area contributed by atoms with Crippen LogP contribution in [0, 0.1) is 11.3 Å². The maximum atomic E-state index is 13.4. The Morgan fingerprint density at radius 2 is 1.68 bits per heavy atom. The van der Waals surface area contributed by atoms with Gasteiger partial charge in [0.05, 0.1) is 21.9 Å². The first-order chi connectivity index (χ1) is 14.6. The fraction of sp³-hybridized carbons (Fsp3) is 0.318. The molecule has 1 unspecified atom stereocenters. The topological polar surface area (TPSA) is 107 Å². The molecule has 1 aliphatic carbocycles. The second-order valence-corrected chi connectivity index (χ2v) is 10.3. The third-order valence-electron chi connectivity index (χ3n) is 6.23. The fourth-order valence-corrected chi connectivity index (χ4v) is 5.10. The lowest BCUT2D eigenvalue weighted by Gasteiger charge is -2.50. The number of carbonyl (C=O) groups is 2. The van der Waals surface area contributed by atoms with E-state index in [1.165, 1.54) is 29.2 Å². The average molecular weight is 458 g/mol. The summed E-state index contributed by atoms with van der Waals surface area (Å²) in [5, 5.41) is 9.43. The summed E-state index contributed by atoms with van der Waals surface area (Å²) < 4.78 is 27.4. The SMILES string of the molecule is CC1(C(=O)NS(=O)(=O)c2ccc(C#N)cc2)CCN1C(=O)C1(c2ccc(Cl)cc2)CC1. The van der Waals surface area contributed by atoms with Crippen molar-refractivity contribution in [3.63, 3.8) is 0 Å². The molecule has 2 aliphatic rings. The Bertz CT molecular complexity index is 1200. The molecule has 1 atom stereocenters. The van der Waals surface area contributed by atoms with E-state index >= 15 is 0 Å². The first-order valence-corrected chi connectivity index (χ1v) is 11.6. The number of benzene rings is 2. The number of amides is 2. The normalized spacial score (nSPS) is 21.5. The smallest absolute Gasteiger partial charge is 0.264 e. The lowest BCUT2D eigenvalue weighted by Crippen LogP contribution is -2.69. The first kappa shape index (κ1) is 21.3. The molecule has 1 saturated heterocycles. The van der Waals surface area contributed by atoms with Crippen molar-refractivity contribution in [1.82, 2.24) is 9.62 Å². The Morgan fingerprint density at radius 3 is 2.16 bits per heavy atom. The van der Waals surface area contributed by atoms with Crippen LogP contribution in [0.25, 0.3) is 0 Å². The van der Waals surface area contributed by atoms with Crippen LogP contribution in [0.2, 0.25) is 5.02 Å². The van der Waals surface area contributed by atoms with Gasteiger partial charge in [0.25, 0.3) is 15.9 Å². The van der Waals surface area contributed by atoms with E-state index < -0.39 is 26.9 Å². The highest BCUT2D eigenvalue weighted by atomic mass is 35.5. The highest BCUT2D eigenvalue weighted by Gasteiger charge is 2.60. The van der Waals surface area contributed by atoms with Gasteiger partial charge in [-0.3, -0.25) is 9.59 Å². The second-order valence-electron chi connectivity index (χ2n) is 8.14. The molecule has 0 aromatic heterocycles. The van der Waals surface area contributed by atoms with E-state index in [1.54, 1.807) is 19.1 Å². The Morgan fingerprint density at radius 1 is 1.06 bits per heavy atom. The van der Waals surface area contributed by atoms with Crippen LogP contribution >= 0.6 is 11.6 Å². The molecule has 1 heterocycles. The summed E-state index contributed by atoms with van der Waals surface area (Å²) in [6.07, 6.45) is 1.71. The molecule has 1 aliphatic heterocycles. The molecular formula is C22H20ClN3O4S. The van der Waals surface area contributed by atoms with Crippen LogP contribution in [0.3, 0.4) is 0 Å². The van der Waals surface area contributed by atoms with Gasteiger partial charge >= 0.3 is 0 Å². The van der Waals surface area contributed by atoms with Gasteiger partial charge in [-0.25, -0.2) is 13.1 Å². The molecule has 1 saturated carbocycles. The minimum absolute atomic E-state index is 0.125. The van der Waals surface area contributed by atoms with Crippen molar-refractivity contribution in [2.75, 3.05) is 6.54 Å². The van der Waals surface area contributed by atoms with Gasteiger partial charge in [0, 0.05) is 11.6 Å². The molecule has 31 heavy (non-hydrogen) atoms. The van der Waals surface area contributed by atoms with Crippen molar-refractivity contribution >= 4 is 33.4 Å². The van der Waals surface area contributed by atoms with Gasteiger partial charge in [-0.2, -0.15) is 5.26 Å². The van der Waals surface area contributed by atoms with Gasteiger partial charge in [-0.15, -0.1) is 0 Å². The van der Waals surface area contributed by atoms with Crippen LogP contribution in [-0.2, 0) is 25.0 Å². The minimum Gasteiger partial charge on any atom is -0.327 e. The van der Waals surface area contributed by atoms with Gasteiger partial charge < -0.3 is 4.90 Å². The van der Waals surface area contributed by atoms with Gasteiger partial charge in [-0.1, -0.05) is 23.7 Å². The molecule has 7 nitrogen and oxygen atoms in total. The second kappa shape index (κ2) is 7.36. The Balaban J connectivity index is 1.53. The number of halogens is 1. The summed E-state index contributed by atoms with van der Waals surface area (Å²) in [5.41, 5.74) is -0.774. The lowest BCUT2D eigenvalue weighted by atomic mass is 9.82. The van der Waals surface area contributed by atoms with E-state index in [9.17, 15) is 18.0 Å². The predicted molar refractivity (Wildman–Crippen MR) is 114 cm³/mol. The van der Waals surface area contributed by atoms with Crippen LogP contribution in [0.4, 0.5) is 0 Å².